The molecule has 0 fully saturated rings. The van der Waals surface area contributed by atoms with E-state index in [2.05, 4.69) is 4.57 Å². The molecule has 0 radical (unpaired) electrons. The maximum atomic E-state index is 12.9. The van der Waals surface area contributed by atoms with Gasteiger partial charge in [0.1, 0.15) is 0 Å². The molecule has 0 aliphatic carbocycles. The Morgan fingerprint density at radius 1 is 1.33 bits per heavy atom. The van der Waals surface area contributed by atoms with Crippen molar-refractivity contribution >= 4 is 11.9 Å². The Balaban J connectivity index is 2.95. The SMILES string of the molecule is CCOCCCN(CC(C)C(=O)O)C(=O)c1cc(C)n(CC)c1C. The fourth-order valence-corrected chi connectivity index (χ4v) is 2.86. The minimum atomic E-state index is -0.892. The number of nitrogens with zero attached hydrogens (tertiary/aromatic N) is 2. The normalized spacial score (nSPS) is 12.2. The summed E-state index contributed by atoms with van der Waals surface area (Å²) in [5.41, 5.74) is 2.63. The summed E-state index contributed by atoms with van der Waals surface area (Å²) < 4.78 is 7.42. The van der Waals surface area contributed by atoms with Gasteiger partial charge in [0.15, 0.2) is 0 Å². The monoisotopic (exact) mass is 338 g/mol. The molecule has 6 nitrogen and oxygen atoms in total. The van der Waals surface area contributed by atoms with Gasteiger partial charge in [-0.05, 0) is 40.2 Å². The van der Waals surface area contributed by atoms with Gasteiger partial charge in [0.25, 0.3) is 5.91 Å². The highest BCUT2D eigenvalue weighted by Gasteiger charge is 2.24. The lowest BCUT2D eigenvalue weighted by atomic mass is 10.1. The molecule has 24 heavy (non-hydrogen) atoms. The van der Waals surface area contributed by atoms with Crippen molar-refractivity contribution in [3.63, 3.8) is 0 Å². The second kappa shape index (κ2) is 9.47. The van der Waals surface area contributed by atoms with E-state index < -0.39 is 11.9 Å². The van der Waals surface area contributed by atoms with Gasteiger partial charge in [-0.15, -0.1) is 0 Å². The largest absolute Gasteiger partial charge is 0.481 e. The van der Waals surface area contributed by atoms with Crippen LogP contribution in [0.3, 0.4) is 0 Å². The maximum Gasteiger partial charge on any atom is 0.308 e. The van der Waals surface area contributed by atoms with E-state index in [1.807, 2.05) is 33.8 Å². The Kier molecular flexibility index (Phi) is 7.98. The predicted molar refractivity (Wildman–Crippen MR) is 93.4 cm³/mol. The van der Waals surface area contributed by atoms with E-state index in [1.165, 1.54) is 0 Å². The molecule has 0 saturated carbocycles. The summed E-state index contributed by atoms with van der Waals surface area (Å²) in [5, 5.41) is 9.17. The molecule has 0 aliphatic heterocycles. The zero-order chi connectivity index (χ0) is 18.3. The van der Waals surface area contributed by atoms with E-state index >= 15 is 0 Å². The number of aliphatic carboxylic acids is 1. The van der Waals surface area contributed by atoms with Gasteiger partial charge < -0.3 is 19.3 Å². The highest BCUT2D eigenvalue weighted by atomic mass is 16.5. The third-order valence-electron chi connectivity index (χ3n) is 4.24. The summed E-state index contributed by atoms with van der Waals surface area (Å²) in [6.45, 7) is 12.2. The number of rotatable bonds is 10. The molecule has 136 valence electrons. The Morgan fingerprint density at radius 2 is 2.00 bits per heavy atom. The number of carboxylic acid groups (broad SMARTS) is 1. The average Bonchev–Trinajstić information content (AvgIpc) is 2.83. The summed E-state index contributed by atoms with van der Waals surface area (Å²) in [6.07, 6.45) is 0.693. The molecular formula is C18H30N2O4. The number of amides is 1. The second-order valence-corrected chi connectivity index (χ2v) is 6.07. The Bertz CT molecular complexity index is 566. The summed E-state index contributed by atoms with van der Waals surface area (Å²) >= 11 is 0. The third kappa shape index (κ3) is 5.09. The first-order valence-corrected chi connectivity index (χ1v) is 8.59. The summed E-state index contributed by atoms with van der Waals surface area (Å²) in [4.78, 5) is 25.8. The van der Waals surface area contributed by atoms with Crippen LogP contribution in [0.2, 0.25) is 0 Å². The summed E-state index contributed by atoms with van der Waals surface area (Å²) in [7, 11) is 0. The van der Waals surface area contributed by atoms with Crippen molar-refractivity contribution in [1.82, 2.24) is 9.47 Å². The minimum absolute atomic E-state index is 0.104. The van der Waals surface area contributed by atoms with E-state index in [0.717, 1.165) is 17.9 Å². The van der Waals surface area contributed by atoms with Gasteiger partial charge in [-0.2, -0.15) is 0 Å². The van der Waals surface area contributed by atoms with Crippen LogP contribution in [-0.4, -0.2) is 52.8 Å². The maximum absolute atomic E-state index is 12.9. The molecule has 0 aromatic carbocycles. The lowest BCUT2D eigenvalue weighted by Crippen LogP contribution is -2.38. The standard InChI is InChI=1S/C18H30N2O4/c1-6-20-14(4)11-16(15(20)5)17(21)19(9-8-10-24-7-2)12-13(3)18(22)23/h11,13H,6-10,12H2,1-5H3,(H,22,23). The molecule has 1 unspecified atom stereocenters. The van der Waals surface area contributed by atoms with Crippen molar-refractivity contribution in [2.45, 2.75) is 47.6 Å². The molecule has 1 aromatic rings. The molecule has 1 N–H and O–H groups in total. The van der Waals surface area contributed by atoms with Crippen LogP contribution >= 0.6 is 0 Å². The number of ether oxygens (including phenoxy) is 1. The number of carbonyl (C=O) groups excluding carboxylic acids is 1. The molecule has 0 spiro atoms. The molecule has 1 atom stereocenters. The van der Waals surface area contributed by atoms with Crippen LogP contribution in [-0.2, 0) is 16.1 Å². The van der Waals surface area contributed by atoms with Crippen LogP contribution < -0.4 is 0 Å². The smallest absolute Gasteiger partial charge is 0.308 e. The van der Waals surface area contributed by atoms with Crippen molar-refractivity contribution in [3.05, 3.63) is 23.0 Å². The minimum Gasteiger partial charge on any atom is -0.481 e. The number of aryl methyl sites for hydroxylation is 1. The lowest BCUT2D eigenvalue weighted by molar-refractivity contribution is -0.141. The van der Waals surface area contributed by atoms with Crippen molar-refractivity contribution in [2.24, 2.45) is 5.92 Å². The molecule has 1 amide bonds. The second-order valence-electron chi connectivity index (χ2n) is 6.07. The summed E-state index contributed by atoms with van der Waals surface area (Å²) in [6, 6.07) is 1.89. The van der Waals surface area contributed by atoms with Gasteiger partial charge >= 0.3 is 5.97 Å². The highest BCUT2D eigenvalue weighted by molar-refractivity contribution is 5.96. The quantitative estimate of drug-likeness (QED) is 0.666. The van der Waals surface area contributed by atoms with Gasteiger partial charge in [0.2, 0.25) is 0 Å². The predicted octanol–water partition coefficient (Wildman–Crippen LogP) is 2.71. The van der Waals surface area contributed by atoms with Gasteiger partial charge in [0.05, 0.1) is 11.5 Å². The Hall–Kier alpha value is -1.82. The van der Waals surface area contributed by atoms with Crippen LogP contribution in [0.4, 0.5) is 0 Å². The van der Waals surface area contributed by atoms with E-state index in [9.17, 15) is 9.59 Å². The van der Waals surface area contributed by atoms with Crippen molar-refractivity contribution in [1.29, 1.82) is 0 Å². The Labute approximate surface area is 144 Å². The molecule has 1 heterocycles. The first kappa shape index (κ1) is 20.2. The van der Waals surface area contributed by atoms with Crippen LogP contribution in [0.25, 0.3) is 0 Å². The first-order valence-electron chi connectivity index (χ1n) is 8.59. The van der Waals surface area contributed by atoms with Gasteiger partial charge in [0, 0.05) is 44.2 Å². The van der Waals surface area contributed by atoms with Crippen molar-refractivity contribution < 1.29 is 19.4 Å². The van der Waals surface area contributed by atoms with Crippen molar-refractivity contribution in [3.8, 4) is 0 Å². The van der Waals surface area contributed by atoms with Crippen LogP contribution in [0.15, 0.2) is 6.07 Å². The average molecular weight is 338 g/mol. The topological polar surface area (TPSA) is 71.8 Å². The fraction of sp³-hybridized carbons (Fsp3) is 0.667. The van der Waals surface area contributed by atoms with E-state index in [4.69, 9.17) is 9.84 Å². The fourth-order valence-electron chi connectivity index (χ4n) is 2.86. The van der Waals surface area contributed by atoms with Crippen LogP contribution in [0.1, 0.15) is 48.9 Å². The lowest BCUT2D eigenvalue weighted by Gasteiger charge is -2.24. The molecule has 0 bridgehead atoms. The number of carbonyl (C=O) groups is 2. The molecular weight excluding hydrogens is 308 g/mol. The number of hydrogen-bond donors (Lipinski definition) is 1. The molecule has 0 aliphatic rings. The van der Waals surface area contributed by atoms with E-state index in [1.54, 1.807) is 11.8 Å². The Morgan fingerprint density at radius 3 is 2.50 bits per heavy atom. The van der Waals surface area contributed by atoms with Gasteiger partial charge in [-0.1, -0.05) is 6.92 Å². The van der Waals surface area contributed by atoms with Gasteiger partial charge in [-0.25, -0.2) is 0 Å². The van der Waals surface area contributed by atoms with Crippen molar-refractivity contribution in [2.75, 3.05) is 26.3 Å². The zero-order valence-electron chi connectivity index (χ0n) is 15.5. The first-order chi connectivity index (χ1) is 11.3. The molecule has 1 aromatic heterocycles. The molecule has 6 heteroatoms. The third-order valence-corrected chi connectivity index (χ3v) is 4.24. The number of hydrogen-bond acceptors (Lipinski definition) is 3. The number of carboxylic acids is 1. The zero-order valence-corrected chi connectivity index (χ0v) is 15.5. The van der Waals surface area contributed by atoms with Crippen LogP contribution in [0, 0.1) is 19.8 Å². The highest BCUT2D eigenvalue weighted by Crippen LogP contribution is 2.18. The van der Waals surface area contributed by atoms with E-state index in [-0.39, 0.29) is 12.5 Å². The van der Waals surface area contributed by atoms with Crippen LogP contribution in [0.5, 0.6) is 0 Å². The molecule has 0 saturated heterocycles. The van der Waals surface area contributed by atoms with E-state index in [0.29, 0.717) is 31.7 Å². The summed E-state index contributed by atoms with van der Waals surface area (Å²) in [5.74, 6) is -1.60. The number of aromatic nitrogens is 1. The molecule has 1 rings (SSSR count). The van der Waals surface area contributed by atoms with Gasteiger partial charge in [-0.3, -0.25) is 9.59 Å².